The third kappa shape index (κ3) is 3.38. The topological polar surface area (TPSA) is 12.9 Å². The van der Waals surface area contributed by atoms with Crippen LogP contribution in [-0.2, 0) is 21.1 Å². The molecule has 0 unspecified atom stereocenters. The molecule has 0 aliphatic heterocycles. The summed E-state index contributed by atoms with van der Waals surface area (Å²) in [5.41, 5.74) is 3.65. The number of aromatic nitrogens is 1. The molecule has 1 aromatic heterocycles. The van der Waals surface area contributed by atoms with Gasteiger partial charge in [0.05, 0.1) is 0 Å². The Labute approximate surface area is 158 Å². The minimum atomic E-state index is -0.586. The van der Waals surface area contributed by atoms with Crippen LogP contribution < -0.4 is 0 Å². The summed E-state index contributed by atoms with van der Waals surface area (Å²) in [5.74, 6) is -1.17. The summed E-state index contributed by atoms with van der Waals surface area (Å²) in [6.07, 6.45) is 1.75. The SMILES string of the molecule is Fc1ccc(-c2cc[c-]c(-c3cccc4cccnc34)c2)c(F)c1.[Pt]. The minimum absolute atomic E-state index is 0. The van der Waals surface area contributed by atoms with Crippen LogP contribution in [0.4, 0.5) is 8.78 Å². The van der Waals surface area contributed by atoms with Gasteiger partial charge in [-0.05, 0) is 23.1 Å². The number of hydrogen-bond acceptors (Lipinski definition) is 1. The molecule has 0 fully saturated rings. The zero-order chi connectivity index (χ0) is 16.5. The van der Waals surface area contributed by atoms with Gasteiger partial charge in [0.15, 0.2) is 0 Å². The minimum Gasteiger partial charge on any atom is -0.266 e. The molecule has 1 nitrogen and oxygen atoms in total. The number of para-hydroxylation sites is 1. The molecule has 0 amide bonds. The Kier molecular flexibility index (Phi) is 5.05. The normalized spacial score (nSPS) is 10.5. The number of pyridine rings is 1. The standard InChI is InChI=1S/C21H12F2N.Pt/c22-17-9-10-18(20(23)13-17)15-5-1-6-16(12-15)19-8-2-4-14-7-3-11-24-21(14)19;/h1-5,7-13H;/q-1;. The maximum atomic E-state index is 14.1. The molecule has 4 rings (SSSR count). The first kappa shape index (κ1) is 17.4. The van der Waals surface area contributed by atoms with Gasteiger partial charge in [-0.15, -0.1) is 29.8 Å². The molecular weight excluding hydrogens is 499 g/mol. The molecule has 126 valence electrons. The van der Waals surface area contributed by atoms with Crippen molar-refractivity contribution in [1.82, 2.24) is 4.98 Å². The molecule has 0 aliphatic carbocycles. The van der Waals surface area contributed by atoms with Crippen LogP contribution in [0.3, 0.4) is 0 Å². The Morgan fingerprint density at radius 2 is 1.68 bits per heavy atom. The van der Waals surface area contributed by atoms with Crippen LogP contribution in [-0.4, -0.2) is 4.98 Å². The first-order valence-corrected chi connectivity index (χ1v) is 7.54. The average molecular weight is 511 g/mol. The van der Waals surface area contributed by atoms with Crippen LogP contribution in [0.5, 0.6) is 0 Å². The number of hydrogen-bond donors (Lipinski definition) is 0. The molecule has 0 spiro atoms. The average Bonchev–Trinajstić information content (AvgIpc) is 2.61. The molecule has 0 aliphatic rings. The smallest absolute Gasteiger partial charge is 0.132 e. The maximum Gasteiger partial charge on any atom is 0.132 e. The Hall–Kier alpha value is -2.38. The van der Waals surface area contributed by atoms with E-state index in [0.29, 0.717) is 11.1 Å². The van der Waals surface area contributed by atoms with E-state index in [-0.39, 0.29) is 21.1 Å². The third-order valence-corrected chi connectivity index (χ3v) is 3.97. The summed E-state index contributed by atoms with van der Waals surface area (Å²) >= 11 is 0. The van der Waals surface area contributed by atoms with Crippen LogP contribution in [0.1, 0.15) is 0 Å². The number of rotatable bonds is 2. The number of fused-ring (bicyclic) bond motifs is 1. The summed E-state index contributed by atoms with van der Waals surface area (Å²) < 4.78 is 27.2. The first-order valence-electron chi connectivity index (χ1n) is 7.54. The molecule has 0 saturated heterocycles. The van der Waals surface area contributed by atoms with Crippen molar-refractivity contribution in [3.05, 3.63) is 90.6 Å². The van der Waals surface area contributed by atoms with E-state index in [0.717, 1.165) is 28.1 Å². The van der Waals surface area contributed by atoms with Gasteiger partial charge < -0.3 is 0 Å². The van der Waals surface area contributed by atoms with Crippen molar-refractivity contribution in [1.29, 1.82) is 0 Å². The molecule has 25 heavy (non-hydrogen) atoms. The van der Waals surface area contributed by atoms with E-state index in [1.165, 1.54) is 12.1 Å². The second kappa shape index (κ2) is 7.24. The summed E-state index contributed by atoms with van der Waals surface area (Å²) in [6.45, 7) is 0. The van der Waals surface area contributed by atoms with Gasteiger partial charge >= 0.3 is 0 Å². The molecule has 4 heteroatoms. The van der Waals surface area contributed by atoms with Gasteiger partial charge in [0.2, 0.25) is 0 Å². The van der Waals surface area contributed by atoms with E-state index in [2.05, 4.69) is 11.1 Å². The van der Waals surface area contributed by atoms with Crippen LogP contribution in [0, 0.1) is 17.7 Å². The van der Waals surface area contributed by atoms with Gasteiger partial charge in [-0.2, -0.15) is 0 Å². The largest absolute Gasteiger partial charge is 0.266 e. The van der Waals surface area contributed by atoms with Gasteiger partial charge in [-0.3, -0.25) is 4.98 Å². The Bertz CT molecular complexity index is 1040. The van der Waals surface area contributed by atoms with Crippen LogP contribution in [0.2, 0.25) is 0 Å². The Morgan fingerprint density at radius 3 is 2.52 bits per heavy atom. The van der Waals surface area contributed by atoms with Crippen molar-refractivity contribution < 1.29 is 29.8 Å². The zero-order valence-electron chi connectivity index (χ0n) is 12.9. The predicted octanol–water partition coefficient (Wildman–Crippen LogP) is 5.64. The Balaban J connectivity index is 0.00000182. The van der Waals surface area contributed by atoms with Gasteiger partial charge in [0.1, 0.15) is 11.6 Å². The molecule has 0 saturated carbocycles. The number of benzene rings is 3. The fraction of sp³-hybridized carbons (Fsp3) is 0. The summed E-state index contributed by atoms with van der Waals surface area (Å²) in [5, 5.41) is 1.03. The zero-order valence-corrected chi connectivity index (χ0v) is 15.2. The van der Waals surface area contributed by atoms with Crippen molar-refractivity contribution in [2.45, 2.75) is 0 Å². The van der Waals surface area contributed by atoms with E-state index in [9.17, 15) is 8.78 Å². The summed E-state index contributed by atoms with van der Waals surface area (Å²) in [7, 11) is 0. The summed E-state index contributed by atoms with van der Waals surface area (Å²) in [4.78, 5) is 4.45. The maximum absolute atomic E-state index is 14.1. The second-order valence-corrected chi connectivity index (χ2v) is 5.50. The molecule has 4 aromatic rings. The molecular formula is C21H12F2NPt-. The molecule has 1 heterocycles. The number of nitrogens with zero attached hydrogens (tertiary/aromatic N) is 1. The fourth-order valence-corrected chi connectivity index (χ4v) is 2.83. The molecule has 0 N–H and O–H groups in total. The van der Waals surface area contributed by atoms with Gasteiger partial charge in [-0.25, -0.2) is 8.78 Å². The van der Waals surface area contributed by atoms with E-state index < -0.39 is 11.6 Å². The van der Waals surface area contributed by atoms with E-state index in [1.54, 1.807) is 18.3 Å². The van der Waals surface area contributed by atoms with Crippen molar-refractivity contribution in [3.8, 4) is 22.3 Å². The van der Waals surface area contributed by atoms with Gasteiger partial charge in [-0.1, -0.05) is 41.5 Å². The van der Waals surface area contributed by atoms with Crippen LogP contribution >= 0.6 is 0 Å². The van der Waals surface area contributed by atoms with E-state index >= 15 is 0 Å². The quantitative estimate of drug-likeness (QED) is 0.318. The monoisotopic (exact) mass is 511 g/mol. The van der Waals surface area contributed by atoms with Crippen molar-refractivity contribution in [2.75, 3.05) is 0 Å². The van der Waals surface area contributed by atoms with Crippen molar-refractivity contribution >= 4 is 10.9 Å². The summed E-state index contributed by atoms with van der Waals surface area (Å²) in [6, 6.07) is 21.9. The number of halogens is 2. The van der Waals surface area contributed by atoms with Crippen LogP contribution in [0.15, 0.2) is 72.9 Å². The van der Waals surface area contributed by atoms with Gasteiger partial charge in [0, 0.05) is 38.8 Å². The first-order chi connectivity index (χ1) is 11.7. The third-order valence-electron chi connectivity index (χ3n) is 3.97. The Morgan fingerprint density at radius 1 is 0.840 bits per heavy atom. The van der Waals surface area contributed by atoms with Crippen LogP contribution in [0.25, 0.3) is 33.2 Å². The second-order valence-electron chi connectivity index (χ2n) is 5.50. The van der Waals surface area contributed by atoms with Gasteiger partial charge in [0.25, 0.3) is 0 Å². The van der Waals surface area contributed by atoms with E-state index in [1.807, 2.05) is 36.4 Å². The molecule has 0 atom stereocenters. The molecule has 3 aromatic carbocycles. The van der Waals surface area contributed by atoms with Crippen molar-refractivity contribution in [2.24, 2.45) is 0 Å². The van der Waals surface area contributed by atoms with E-state index in [4.69, 9.17) is 0 Å². The predicted molar refractivity (Wildman–Crippen MR) is 91.4 cm³/mol. The van der Waals surface area contributed by atoms with Crippen molar-refractivity contribution in [3.63, 3.8) is 0 Å². The molecule has 0 radical (unpaired) electrons. The molecule has 0 bridgehead atoms. The fourth-order valence-electron chi connectivity index (χ4n) is 2.83.